The van der Waals surface area contributed by atoms with Crippen molar-refractivity contribution in [3.8, 4) is 0 Å². The molecule has 0 bridgehead atoms. The van der Waals surface area contributed by atoms with E-state index in [-0.39, 0.29) is 5.41 Å². The molecule has 1 saturated carbocycles. The van der Waals surface area contributed by atoms with Gasteiger partial charge in [0, 0.05) is 5.41 Å². The Bertz CT molecular complexity index is 354. The van der Waals surface area contributed by atoms with Gasteiger partial charge in [-0.25, -0.2) is 0 Å². The van der Waals surface area contributed by atoms with Gasteiger partial charge in [0.15, 0.2) is 0 Å². The molecule has 1 N–H and O–H groups in total. The van der Waals surface area contributed by atoms with E-state index in [0.29, 0.717) is 12.5 Å². The average Bonchev–Trinajstić information content (AvgIpc) is 2.38. The Kier molecular flexibility index (Phi) is 4.67. The lowest BCUT2D eigenvalue weighted by Crippen LogP contribution is -2.45. The lowest BCUT2D eigenvalue weighted by atomic mass is 9.64. The van der Waals surface area contributed by atoms with Gasteiger partial charge < -0.3 is 5.32 Å². The third kappa shape index (κ3) is 3.68. The molecule has 1 heterocycles. The first kappa shape index (κ1) is 14.3. The third-order valence-corrected chi connectivity index (χ3v) is 5.18. The van der Waals surface area contributed by atoms with Gasteiger partial charge in [0.1, 0.15) is 0 Å². The SMILES string of the molecule is CS(=O)(=O)OCC1(C2CCCCC2)CCNCC1. The van der Waals surface area contributed by atoms with E-state index in [0.717, 1.165) is 32.2 Å². The van der Waals surface area contributed by atoms with E-state index in [4.69, 9.17) is 4.18 Å². The summed E-state index contributed by atoms with van der Waals surface area (Å²) in [6.45, 7) is 2.37. The van der Waals surface area contributed by atoms with E-state index in [2.05, 4.69) is 5.32 Å². The minimum atomic E-state index is -3.32. The van der Waals surface area contributed by atoms with E-state index < -0.39 is 10.1 Å². The minimum Gasteiger partial charge on any atom is -0.317 e. The standard InChI is InChI=1S/C13H25NO3S/c1-18(15,16)17-11-13(7-9-14-10-8-13)12-5-3-2-4-6-12/h12,14H,2-11H2,1H3. The molecule has 0 aromatic carbocycles. The van der Waals surface area contributed by atoms with Gasteiger partial charge in [-0.1, -0.05) is 19.3 Å². The van der Waals surface area contributed by atoms with E-state index >= 15 is 0 Å². The molecular formula is C13H25NO3S. The van der Waals surface area contributed by atoms with Crippen molar-refractivity contribution in [2.45, 2.75) is 44.9 Å². The molecule has 1 aliphatic heterocycles. The first-order chi connectivity index (χ1) is 8.52. The molecule has 0 atom stereocenters. The summed E-state index contributed by atoms with van der Waals surface area (Å²) >= 11 is 0. The molecular weight excluding hydrogens is 250 g/mol. The number of hydrogen-bond acceptors (Lipinski definition) is 4. The van der Waals surface area contributed by atoms with Crippen LogP contribution in [0.4, 0.5) is 0 Å². The Morgan fingerprint density at radius 1 is 1.17 bits per heavy atom. The predicted molar refractivity (Wildman–Crippen MR) is 71.9 cm³/mol. The van der Waals surface area contributed by atoms with Crippen molar-refractivity contribution in [1.29, 1.82) is 0 Å². The summed E-state index contributed by atoms with van der Waals surface area (Å²) in [7, 11) is -3.32. The van der Waals surface area contributed by atoms with Gasteiger partial charge in [0.25, 0.3) is 10.1 Å². The van der Waals surface area contributed by atoms with Gasteiger partial charge >= 0.3 is 0 Å². The van der Waals surface area contributed by atoms with E-state index in [1.807, 2.05) is 0 Å². The van der Waals surface area contributed by atoms with Crippen LogP contribution in [0.5, 0.6) is 0 Å². The van der Waals surface area contributed by atoms with Crippen molar-refractivity contribution >= 4 is 10.1 Å². The highest BCUT2D eigenvalue weighted by Gasteiger charge is 2.41. The molecule has 2 rings (SSSR count). The number of hydrogen-bond donors (Lipinski definition) is 1. The molecule has 0 radical (unpaired) electrons. The highest BCUT2D eigenvalue weighted by Crippen LogP contribution is 2.45. The zero-order chi connectivity index (χ0) is 13.1. The molecule has 18 heavy (non-hydrogen) atoms. The van der Waals surface area contributed by atoms with Crippen molar-refractivity contribution < 1.29 is 12.6 Å². The Morgan fingerprint density at radius 2 is 1.78 bits per heavy atom. The van der Waals surface area contributed by atoms with Crippen molar-refractivity contribution in [3.05, 3.63) is 0 Å². The molecule has 0 aromatic rings. The summed E-state index contributed by atoms with van der Waals surface area (Å²) in [4.78, 5) is 0. The topological polar surface area (TPSA) is 55.4 Å². The van der Waals surface area contributed by atoms with E-state index in [1.165, 1.54) is 32.1 Å². The fraction of sp³-hybridized carbons (Fsp3) is 1.00. The molecule has 2 aliphatic rings. The Balaban J connectivity index is 2.06. The predicted octanol–water partition coefficient (Wildman–Crippen LogP) is 1.91. The second kappa shape index (κ2) is 5.88. The van der Waals surface area contributed by atoms with E-state index in [9.17, 15) is 8.42 Å². The van der Waals surface area contributed by atoms with E-state index in [1.54, 1.807) is 0 Å². The van der Waals surface area contributed by atoms with Gasteiger partial charge in [-0.15, -0.1) is 0 Å². The highest BCUT2D eigenvalue weighted by molar-refractivity contribution is 7.85. The molecule has 4 nitrogen and oxygen atoms in total. The third-order valence-electron chi connectivity index (χ3n) is 4.63. The van der Waals surface area contributed by atoms with Crippen molar-refractivity contribution in [2.75, 3.05) is 26.0 Å². The van der Waals surface area contributed by atoms with Crippen molar-refractivity contribution in [3.63, 3.8) is 0 Å². The van der Waals surface area contributed by atoms with Gasteiger partial charge in [0.2, 0.25) is 0 Å². The summed E-state index contributed by atoms with van der Waals surface area (Å²) in [5.41, 5.74) is 0.0920. The van der Waals surface area contributed by atoms with Crippen LogP contribution in [0.15, 0.2) is 0 Å². The largest absolute Gasteiger partial charge is 0.317 e. The van der Waals surface area contributed by atoms with Crippen LogP contribution in [0, 0.1) is 11.3 Å². The van der Waals surface area contributed by atoms with Crippen LogP contribution in [-0.4, -0.2) is 34.4 Å². The quantitative estimate of drug-likeness (QED) is 0.796. The van der Waals surface area contributed by atoms with Gasteiger partial charge in [-0.3, -0.25) is 4.18 Å². The molecule has 0 amide bonds. The van der Waals surface area contributed by atoms with Crippen LogP contribution in [0.1, 0.15) is 44.9 Å². The van der Waals surface area contributed by atoms with Crippen LogP contribution in [0.25, 0.3) is 0 Å². The monoisotopic (exact) mass is 275 g/mol. The van der Waals surface area contributed by atoms with Crippen LogP contribution < -0.4 is 5.32 Å². The molecule has 1 aliphatic carbocycles. The summed E-state index contributed by atoms with van der Waals surface area (Å²) in [6.07, 6.45) is 9.65. The normalized spacial score (nSPS) is 26.1. The zero-order valence-electron chi connectivity index (χ0n) is 11.3. The Labute approximate surface area is 111 Å². The number of piperidine rings is 1. The number of nitrogens with one attached hydrogen (secondary N) is 1. The lowest BCUT2D eigenvalue weighted by molar-refractivity contribution is 0.0253. The van der Waals surface area contributed by atoms with Gasteiger partial charge in [-0.2, -0.15) is 8.42 Å². The number of rotatable bonds is 4. The lowest BCUT2D eigenvalue weighted by Gasteiger charge is -2.45. The molecule has 5 heteroatoms. The minimum absolute atomic E-state index is 0.0920. The molecule has 0 unspecified atom stereocenters. The Morgan fingerprint density at radius 3 is 2.33 bits per heavy atom. The second-order valence-corrected chi connectivity index (χ2v) is 7.56. The van der Waals surface area contributed by atoms with Crippen molar-refractivity contribution in [1.82, 2.24) is 5.32 Å². The molecule has 0 aromatic heterocycles. The molecule has 106 valence electrons. The molecule has 0 spiro atoms. The maximum Gasteiger partial charge on any atom is 0.264 e. The first-order valence-corrected chi connectivity index (χ1v) is 8.89. The van der Waals surface area contributed by atoms with Gasteiger partial charge in [0.05, 0.1) is 12.9 Å². The molecule has 1 saturated heterocycles. The highest BCUT2D eigenvalue weighted by atomic mass is 32.2. The van der Waals surface area contributed by atoms with Crippen molar-refractivity contribution in [2.24, 2.45) is 11.3 Å². The fourth-order valence-corrected chi connectivity index (χ4v) is 3.98. The fourth-order valence-electron chi connectivity index (χ4n) is 3.53. The average molecular weight is 275 g/mol. The Hall–Kier alpha value is -0.130. The first-order valence-electron chi connectivity index (χ1n) is 7.07. The summed E-state index contributed by atoms with van der Waals surface area (Å²) < 4.78 is 27.7. The van der Waals surface area contributed by atoms with Crippen LogP contribution in [-0.2, 0) is 14.3 Å². The molecule has 2 fully saturated rings. The van der Waals surface area contributed by atoms with Crippen LogP contribution in [0.2, 0.25) is 0 Å². The maximum atomic E-state index is 11.3. The zero-order valence-corrected chi connectivity index (χ0v) is 12.1. The van der Waals surface area contributed by atoms with Crippen LogP contribution in [0.3, 0.4) is 0 Å². The smallest absolute Gasteiger partial charge is 0.264 e. The van der Waals surface area contributed by atoms with Crippen LogP contribution >= 0.6 is 0 Å². The second-order valence-electron chi connectivity index (χ2n) is 5.91. The maximum absolute atomic E-state index is 11.3. The summed E-state index contributed by atoms with van der Waals surface area (Å²) in [5.74, 6) is 0.648. The van der Waals surface area contributed by atoms with Gasteiger partial charge in [-0.05, 0) is 44.7 Å². The summed E-state index contributed by atoms with van der Waals surface area (Å²) in [5, 5.41) is 3.37. The summed E-state index contributed by atoms with van der Waals surface area (Å²) in [6, 6.07) is 0.